The lowest BCUT2D eigenvalue weighted by Crippen LogP contribution is -2.27. The van der Waals surface area contributed by atoms with Crippen LogP contribution in [-0.2, 0) is 7.05 Å². The highest BCUT2D eigenvalue weighted by Gasteiger charge is 2.13. The fraction of sp³-hybridized carbons (Fsp3) is 0.250. The molecular weight excluding hydrogens is 230 g/mol. The fourth-order valence-electron chi connectivity index (χ4n) is 1.56. The first kappa shape index (κ1) is 12.1. The molecule has 0 aliphatic heterocycles. The second-order valence-electron chi connectivity index (χ2n) is 4.12. The van der Waals surface area contributed by atoms with Crippen LogP contribution in [0.5, 0.6) is 0 Å². The van der Waals surface area contributed by atoms with Crippen LogP contribution < -0.4 is 11.1 Å². The zero-order chi connectivity index (χ0) is 13.1. The van der Waals surface area contributed by atoms with Gasteiger partial charge >= 0.3 is 0 Å². The highest BCUT2D eigenvalue weighted by Crippen LogP contribution is 2.11. The predicted octanol–water partition coefficient (Wildman–Crippen LogP) is 0.888. The van der Waals surface area contributed by atoms with Crippen LogP contribution in [0.2, 0.25) is 0 Å². The summed E-state index contributed by atoms with van der Waals surface area (Å²) in [6.07, 6.45) is 5.05. The normalized spacial score (nSPS) is 12.1. The molecule has 0 saturated heterocycles. The number of carbonyl (C=O) groups excluding carboxylic acids is 1. The Hall–Kier alpha value is -2.37. The van der Waals surface area contributed by atoms with Gasteiger partial charge in [-0.2, -0.15) is 5.10 Å². The van der Waals surface area contributed by atoms with Crippen LogP contribution in [-0.4, -0.2) is 20.7 Å². The molecule has 1 unspecified atom stereocenters. The van der Waals surface area contributed by atoms with Crippen molar-refractivity contribution >= 4 is 11.6 Å². The number of hydrogen-bond donors (Lipinski definition) is 2. The minimum atomic E-state index is -0.230. The van der Waals surface area contributed by atoms with Gasteiger partial charge in [0.2, 0.25) is 0 Å². The van der Waals surface area contributed by atoms with Gasteiger partial charge in [-0.1, -0.05) is 0 Å². The summed E-state index contributed by atoms with van der Waals surface area (Å²) < 4.78 is 1.69. The summed E-state index contributed by atoms with van der Waals surface area (Å²) >= 11 is 0. The van der Waals surface area contributed by atoms with Gasteiger partial charge in [0.05, 0.1) is 24.1 Å². The van der Waals surface area contributed by atoms with Crippen molar-refractivity contribution in [3.8, 4) is 0 Å². The molecule has 2 heterocycles. The van der Waals surface area contributed by atoms with Gasteiger partial charge in [-0.3, -0.25) is 9.48 Å². The van der Waals surface area contributed by atoms with Crippen LogP contribution in [0.15, 0.2) is 30.7 Å². The van der Waals surface area contributed by atoms with Crippen LogP contribution in [0.4, 0.5) is 5.69 Å². The van der Waals surface area contributed by atoms with E-state index in [9.17, 15) is 4.79 Å². The summed E-state index contributed by atoms with van der Waals surface area (Å²) in [6.45, 7) is 1.90. The number of aromatic nitrogens is 3. The molecular formula is C12H15N5O. The van der Waals surface area contributed by atoms with E-state index in [0.717, 1.165) is 5.56 Å². The van der Waals surface area contributed by atoms with E-state index in [1.54, 1.807) is 23.0 Å². The third kappa shape index (κ3) is 2.65. The topological polar surface area (TPSA) is 85.8 Å². The molecule has 0 fully saturated rings. The van der Waals surface area contributed by atoms with Crippen LogP contribution in [0.3, 0.4) is 0 Å². The predicted molar refractivity (Wildman–Crippen MR) is 67.7 cm³/mol. The van der Waals surface area contributed by atoms with E-state index in [-0.39, 0.29) is 11.9 Å². The molecule has 0 aliphatic carbocycles. The highest BCUT2D eigenvalue weighted by molar-refractivity contribution is 5.92. The SMILES string of the molecule is CC(NC(=O)c1ccc(N)cn1)c1cnn(C)c1. The van der Waals surface area contributed by atoms with Crippen LogP contribution in [0.1, 0.15) is 29.0 Å². The molecule has 94 valence electrons. The maximum Gasteiger partial charge on any atom is 0.270 e. The third-order valence-corrected chi connectivity index (χ3v) is 2.59. The molecule has 6 nitrogen and oxygen atoms in total. The third-order valence-electron chi connectivity index (χ3n) is 2.59. The van der Waals surface area contributed by atoms with Crippen molar-refractivity contribution in [1.29, 1.82) is 0 Å². The maximum atomic E-state index is 11.9. The molecule has 0 aromatic carbocycles. The lowest BCUT2D eigenvalue weighted by molar-refractivity contribution is 0.0935. The average Bonchev–Trinajstić information content (AvgIpc) is 2.76. The lowest BCUT2D eigenvalue weighted by atomic mass is 10.2. The van der Waals surface area contributed by atoms with Crippen LogP contribution in [0, 0.1) is 0 Å². The first-order valence-corrected chi connectivity index (χ1v) is 5.57. The number of amides is 1. The van der Waals surface area contributed by atoms with Crippen molar-refractivity contribution in [3.63, 3.8) is 0 Å². The molecule has 6 heteroatoms. The molecule has 0 radical (unpaired) electrons. The number of pyridine rings is 1. The fourth-order valence-corrected chi connectivity index (χ4v) is 1.56. The van der Waals surface area contributed by atoms with Crippen molar-refractivity contribution in [3.05, 3.63) is 42.0 Å². The van der Waals surface area contributed by atoms with Crippen LogP contribution >= 0.6 is 0 Å². The number of nitrogens with one attached hydrogen (secondary N) is 1. The highest BCUT2D eigenvalue weighted by atomic mass is 16.1. The van der Waals surface area contributed by atoms with E-state index >= 15 is 0 Å². The summed E-state index contributed by atoms with van der Waals surface area (Å²) in [6, 6.07) is 3.13. The minimum absolute atomic E-state index is 0.120. The second-order valence-corrected chi connectivity index (χ2v) is 4.12. The summed E-state index contributed by atoms with van der Waals surface area (Å²) in [4.78, 5) is 15.9. The largest absolute Gasteiger partial charge is 0.397 e. The quantitative estimate of drug-likeness (QED) is 0.840. The molecule has 2 aromatic rings. The first-order chi connectivity index (χ1) is 8.56. The number of nitrogen functional groups attached to an aromatic ring is 1. The summed E-state index contributed by atoms with van der Waals surface area (Å²) in [7, 11) is 1.83. The van der Waals surface area contributed by atoms with E-state index in [0.29, 0.717) is 11.4 Å². The van der Waals surface area contributed by atoms with E-state index in [4.69, 9.17) is 5.73 Å². The monoisotopic (exact) mass is 245 g/mol. The van der Waals surface area contributed by atoms with Crippen molar-refractivity contribution in [2.24, 2.45) is 7.05 Å². The van der Waals surface area contributed by atoms with E-state index < -0.39 is 0 Å². The van der Waals surface area contributed by atoms with E-state index in [1.807, 2.05) is 20.2 Å². The molecule has 3 N–H and O–H groups in total. The Labute approximate surface area is 105 Å². The molecule has 0 aliphatic rings. The van der Waals surface area contributed by atoms with Gasteiger partial charge < -0.3 is 11.1 Å². The number of nitrogens with zero attached hydrogens (tertiary/aromatic N) is 3. The van der Waals surface area contributed by atoms with E-state index in [1.165, 1.54) is 6.20 Å². The summed E-state index contributed by atoms with van der Waals surface area (Å²) in [5.41, 5.74) is 7.34. The Morgan fingerprint density at radius 1 is 1.44 bits per heavy atom. The van der Waals surface area contributed by atoms with Gasteiger partial charge in [0.15, 0.2) is 0 Å². The number of rotatable bonds is 3. The van der Waals surface area contributed by atoms with Crippen molar-refractivity contribution < 1.29 is 4.79 Å². The average molecular weight is 245 g/mol. The Balaban J connectivity index is 2.05. The number of anilines is 1. The Bertz CT molecular complexity index is 546. The van der Waals surface area contributed by atoms with Gasteiger partial charge in [-0.05, 0) is 19.1 Å². The van der Waals surface area contributed by atoms with Crippen LogP contribution in [0.25, 0.3) is 0 Å². The maximum absolute atomic E-state index is 11.9. The van der Waals surface area contributed by atoms with Gasteiger partial charge in [0, 0.05) is 18.8 Å². The number of carbonyl (C=O) groups is 1. The van der Waals surface area contributed by atoms with Crippen molar-refractivity contribution in [2.75, 3.05) is 5.73 Å². The lowest BCUT2D eigenvalue weighted by Gasteiger charge is -2.11. The van der Waals surface area contributed by atoms with Gasteiger partial charge in [-0.25, -0.2) is 4.98 Å². The second kappa shape index (κ2) is 4.87. The first-order valence-electron chi connectivity index (χ1n) is 5.57. The number of hydrogen-bond acceptors (Lipinski definition) is 4. The minimum Gasteiger partial charge on any atom is -0.397 e. The molecule has 18 heavy (non-hydrogen) atoms. The Morgan fingerprint density at radius 3 is 2.78 bits per heavy atom. The Morgan fingerprint density at radius 2 is 2.22 bits per heavy atom. The molecule has 2 aromatic heterocycles. The summed E-state index contributed by atoms with van der Waals surface area (Å²) in [5, 5.41) is 6.91. The zero-order valence-corrected chi connectivity index (χ0v) is 10.3. The Kier molecular flexibility index (Phi) is 3.27. The summed E-state index contributed by atoms with van der Waals surface area (Å²) in [5.74, 6) is -0.230. The van der Waals surface area contributed by atoms with Crippen molar-refractivity contribution in [2.45, 2.75) is 13.0 Å². The van der Waals surface area contributed by atoms with Gasteiger partial charge in [0.25, 0.3) is 5.91 Å². The molecule has 2 rings (SSSR count). The molecule has 1 atom stereocenters. The van der Waals surface area contributed by atoms with E-state index in [2.05, 4.69) is 15.4 Å². The standard InChI is InChI=1S/C12H15N5O/c1-8(9-5-15-17(2)7-9)16-12(18)11-4-3-10(13)6-14-11/h3-8H,13H2,1-2H3,(H,16,18). The molecule has 1 amide bonds. The molecule has 0 spiro atoms. The number of aryl methyl sites for hydroxylation is 1. The van der Waals surface area contributed by atoms with Gasteiger partial charge in [-0.15, -0.1) is 0 Å². The molecule has 0 bridgehead atoms. The van der Waals surface area contributed by atoms with Crippen molar-refractivity contribution in [1.82, 2.24) is 20.1 Å². The van der Waals surface area contributed by atoms with Gasteiger partial charge in [0.1, 0.15) is 5.69 Å². The smallest absolute Gasteiger partial charge is 0.270 e. The zero-order valence-electron chi connectivity index (χ0n) is 10.3. The number of nitrogens with two attached hydrogens (primary N) is 1. The molecule has 0 saturated carbocycles.